The number of nitrogens with zero attached hydrogens (tertiary/aromatic N) is 1. The van der Waals surface area contributed by atoms with Crippen LogP contribution in [0.5, 0.6) is 0 Å². The summed E-state index contributed by atoms with van der Waals surface area (Å²) in [6, 6.07) is 5.66. The molecule has 2 N–H and O–H groups in total. The molecule has 0 radical (unpaired) electrons. The van der Waals surface area contributed by atoms with E-state index in [-0.39, 0.29) is 18.7 Å². The van der Waals surface area contributed by atoms with Crippen molar-refractivity contribution in [2.24, 2.45) is 0 Å². The third-order valence-electron chi connectivity index (χ3n) is 3.22. The zero-order valence-electron chi connectivity index (χ0n) is 10.8. The maximum absolute atomic E-state index is 11.4. The van der Waals surface area contributed by atoms with Gasteiger partial charge >= 0.3 is 11.9 Å². The normalized spacial score (nSPS) is 10.8. The Morgan fingerprint density at radius 2 is 1.89 bits per heavy atom. The maximum atomic E-state index is 11.4. The highest BCUT2D eigenvalue weighted by Gasteiger charge is 2.19. The molecule has 5 heteroatoms. The second-order valence-corrected chi connectivity index (χ2v) is 4.59. The molecule has 0 saturated heterocycles. The Balaban J connectivity index is 2.67. The van der Waals surface area contributed by atoms with Gasteiger partial charge in [0, 0.05) is 17.4 Å². The predicted octanol–water partition coefficient (Wildman–Crippen LogP) is 2.43. The largest absolute Gasteiger partial charge is 0.481 e. The van der Waals surface area contributed by atoms with Crippen molar-refractivity contribution in [3.05, 3.63) is 35.0 Å². The molecule has 0 amide bonds. The van der Waals surface area contributed by atoms with E-state index in [0.29, 0.717) is 5.56 Å². The van der Waals surface area contributed by atoms with Gasteiger partial charge in [-0.3, -0.25) is 4.79 Å². The Morgan fingerprint density at radius 3 is 2.47 bits per heavy atom. The highest BCUT2D eigenvalue weighted by Crippen LogP contribution is 2.27. The first-order valence-electron chi connectivity index (χ1n) is 5.96. The number of benzene rings is 1. The van der Waals surface area contributed by atoms with Crippen molar-refractivity contribution in [1.29, 1.82) is 0 Å². The van der Waals surface area contributed by atoms with Crippen molar-refractivity contribution in [3.8, 4) is 0 Å². The summed E-state index contributed by atoms with van der Waals surface area (Å²) in [6.07, 6.45) is -0.0998. The molecule has 0 aliphatic carbocycles. The first-order valence-corrected chi connectivity index (χ1v) is 5.96. The van der Waals surface area contributed by atoms with Gasteiger partial charge in [-0.1, -0.05) is 11.6 Å². The van der Waals surface area contributed by atoms with Gasteiger partial charge in [0.05, 0.1) is 6.42 Å². The summed E-state index contributed by atoms with van der Waals surface area (Å²) in [5.74, 6) is -1.97. The lowest BCUT2D eigenvalue weighted by Crippen LogP contribution is -2.12. The Morgan fingerprint density at radius 1 is 1.21 bits per heavy atom. The van der Waals surface area contributed by atoms with E-state index in [1.54, 1.807) is 11.5 Å². The van der Waals surface area contributed by atoms with Gasteiger partial charge in [-0.15, -0.1) is 0 Å². The van der Waals surface area contributed by atoms with Gasteiger partial charge in [0.25, 0.3) is 0 Å². The number of carbonyl (C=O) groups is 2. The number of hydrogen-bond acceptors (Lipinski definition) is 2. The number of aryl methyl sites for hydroxylation is 3. The van der Waals surface area contributed by atoms with E-state index in [9.17, 15) is 14.7 Å². The zero-order chi connectivity index (χ0) is 14.2. The summed E-state index contributed by atoms with van der Waals surface area (Å²) in [5, 5.41) is 18.9. The molecule has 2 rings (SSSR count). The van der Waals surface area contributed by atoms with Crippen LogP contribution in [0.25, 0.3) is 10.9 Å². The Hall–Kier alpha value is -2.30. The summed E-state index contributed by atoms with van der Waals surface area (Å²) in [6.45, 7) is 3.85. The first-order chi connectivity index (χ1) is 8.91. The number of carboxylic acids is 2. The Labute approximate surface area is 110 Å². The fourth-order valence-corrected chi connectivity index (χ4v) is 2.35. The first kappa shape index (κ1) is 13.1. The van der Waals surface area contributed by atoms with Gasteiger partial charge in [0.1, 0.15) is 5.69 Å². The van der Waals surface area contributed by atoms with E-state index in [1.165, 1.54) is 0 Å². The molecule has 1 aromatic heterocycles. The lowest BCUT2D eigenvalue weighted by Gasteiger charge is -2.06. The standard InChI is InChI=1S/C14H15NO4/c1-8-3-4-11-10(7-8)9(2)13(14(18)19)15(11)6-5-12(16)17/h3-4,7H,5-6H2,1-2H3,(H,16,17)(H,18,19). The minimum Gasteiger partial charge on any atom is -0.481 e. The van der Waals surface area contributed by atoms with Gasteiger partial charge in [-0.25, -0.2) is 4.79 Å². The van der Waals surface area contributed by atoms with Crippen molar-refractivity contribution < 1.29 is 19.8 Å². The molecule has 100 valence electrons. The molecular formula is C14H15NO4. The minimum atomic E-state index is -1.03. The van der Waals surface area contributed by atoms with Crippen LogP contribution in [0.3, 0.4) is 0 Å². The van der Waals surface area contributed by atoms with E-state index < -0.39 is 11.9 Å². The average molecular weight is 261 g/mol. The van der Waals surface area contributed by atoms with Crippen LogP contribution in [0.1, 0.15) is 28.0 Å². The monoisotopic (exact) mass is 261 g/mol. The zero-order valence-corrected chi connectivity index (χ0v) is 10.8. The Bertz CT molecular complexity index is 670. The van der Waals surface area contributed by atoms with Crippen LogP contribution < -0.4 is 0 Å². The molecule has 0 bridgehead atoms. The second-order valence-electron chi connectivity index (χ2n) is 4.59. The third kappa shape index (κ3) is 2.31. The molecule has 0 fully saturated rings. The van der Waals surface area contributed by atoms with Gasteiger partial charge in [0.2, 0.25) is 0 Å². The molecule has 0 aliphatic heterocycles. The van der Waals surface area contributed by atoms with E-state index in [2.05, 4.69) is 0 Å². The molecular weight excluding hydrogens is 246 g/mol. The van der Waals surface area contributed by atoms with E-state index in [4.69, 9.17) is 5.11 Å². The highest BCUT2D eigenvalue weighted by atomic mass is 16.4. The molecule has 1 aromatic carbocycles. The number of carboxylic acid groups (broad SMARTS) is 2. The molecule has 5 nitrogen and oxygen atoms in total. The van der Waals surface area contributed by atoms with Crippen LogP contribution in [-0.2, 0) is 11.3 Å². The van der Waals surface area contributed by atoms with Crippen LogP contribution in [0.2, 0.25) is 0 Å². The van der Waals surface area contributed by atoms with Crippen LogP contribution in [0.15, 0.2) is 18.2 Å². The quantitative estimate of drug-likeness (QED) is 0.885. The van der Waals surface area contributed by atoms with E-state index in [0.717, 1.165) is 16.5 Å². The van der Waals surface area contributed by atoms with Crippen molar-refractivity contribution in [1.82, 2.24) is 4.57 Å². The fourth-order valence-electron chi connectivity index (χ4n) is 2.35. The number of aliphatic carboxylic acids is 1. The van der Waals surface area contributed by atoms with Gasteiger partial charge in [0.15, 0.2) is 0 Å². The van der Waals surface area contributed by atoms with Gasteiger partial charge in [-0.05, 0) is 31.5 Å². The third-order valence-corrected chi connectivity index (χ3v) is 3.22. The number of hydrogen-bond donors (Lipinski definition) is 2. The number of rotatable bonds is 4. The maximum Gasteiger partial charge on any atom is 0.352 e. The van der Waals surface area contributed by atoms with Crippen molar-refractivity contribution in [3.63, 3.8) is 0 Å². The van der Waals surface area contributed by atoms with Crippen molar-refractivity contribution >= 4 is 22.8 Å². The minimum absolute atomic E-state index is 0.0998. The number of fused-ring (bicyclic) bond motifs is 1. The molecule has 0 aliphatic rings. The topological polar surface area (TPSA) is 79.5 Å². The number of aromatic carboxylic acids is 1. The predicted molar refractivity (Wildman–Crippen MR) is 70.6 cm³/mol. The number of aromatic nitrogens is 1. The summed E-state index contributed by atoms with van der Waals surface area (Å²) < 4.78 is 1.57. The Kier molecular flexibility index (Phi) is 3.29. The smallest absolute Gasteiger partial charge is 0.352 e. The van der Waals surface area contributed by atoms with Crippen LogP contribution in [0, 0.1) is 13.8 Å². The van der Waals surface area contributed by atoms with Gasteiger partial charge < -0.3 is 14.8 Å². The fraction of sp³-hybridized carbons (Fsp3) is 0.286. The lowest BCUT2D eigenvalue weighted by molar-refractivity contribution is -0.137. The average Bonchev–Trinajstić information content (AvgIpc) is 2.59. The summed E-state index contributed by atoms with van der Waals surface area (Å²) in [7, 11) is 0. The molecule has 1 heterocycles. The lowest BCUT2D eigenvalue weighted by atomic mass is 10.1. The molecule has 0 unspecified atom stereocenters. The second kappa shape index (κ2) is 4.76. The van der Waals surface area contributed by atoms with E-state index in [1.807, 2.05) is 25.1 Å². The summed E-state index contributed by atoms with van der Waals surface area (Å²) >= 11 is 0. The molecule has 19 heavy (non-hydrogen) atoms. The van der Waals surface area contributed by atoms with Gasteiger partial charge in [-0.2, -0.15) is 0 Å². The highest BCUT2D eigenvalue weighted by molar-refractivity contribution is 5.98. The molecule has 2 aromatic rings. The molecule has 0 atom stereocenters. The van der Waals surface area contributed by atoms with Crippen molar-refractivity contribution in [2.75, 3.05) is 0 Å². The van der Waals surface area contributed by atoms with Crippen LogP contribution >= 0.6 is 0 Å². The summed E-state index contributed by atoms with van der Waals surface area (Å²) in [4.78, 5) is 22.1. The van der Waals surface area contributed by atoms with E-state index >= 15 is 0 Å². The molecule has 0 saturated carbocycles. The van der Waals surface area contributed by atoms with Crippen molar-refractivity contribution in [2.45, 2.75) is 26.8 Å². The SMILES string of the molecule is Cc1ccc2c(c1)c(C)c(C(=O)O)n2CCC(=O)O. The summed E-state index contributed by atoms with van der Waals surface area (Å²) in [5.41, 5.74) is 2.66. The van der Waals surface area contributed by atoms with Crippen LogP contribution in [-0.4, -0.2) is 26.7 Å². The molecule has 0 spiro atoms. The van der Waals surface area contributed by atoms with Crippen LogP contribution in [0.4, 0.5) is 0 Å².